The highest BCUT2D eigenvalue weighted by molar-refractivity contribution is 6.74. The van der Waals surface area contributed by atoms with Crippen molar-refractivity contribution >= 4 is 14.1 Å². The van der Waals surface area contributed by atoms with Crippen molar-refractivity contribution < 1.29 is 18.7 Å². The highest BCUT2D eigenvalue weighted by atomic mass is 28.4. The lowest BCUT2D eigenvalue weighted by molar-refractivity contribution is -0.398. The zero-order valence-electron chi connectivity index (χ0n) is 22.2. The number of rotatable bonds is 6. The molecule has 8 atom stereocenters. The van der Waals surface area contributed by atoms with E-state index in [1.54, 1.807) is 7.11 Å². The molecule has 0 spiro atoms. The van der Waals surface area contributed by atoms with E-state index in [-0.39, 0.29) is 46.0 Å². The predicted octanol–water partition coefficient (Wildman–Crippen LogP) is 6.45. The van der Waals surface area contributed by atoms with Crippen LogP contribution in [0.4, 0.5) is 0 Å². The molecule has 0 unspecified atom stereocenters. The number of carbonyl (C=O) groups is 1. The lowest BCUT2D eigenvalue weighted by Crippen LogP contribution is -2.78. The second-order valence-corrected chi connectivity index (χ2v) is 17.6. The van der Waals surface area contributed by atoms with Gasteiger partial charge in [-0.05, 0) is 62.4 Å². The molecule has 2 heterocycles. The van der Waals surface area contributed by atoms with Gasteiger partial charge in [0.15, 0.2) is 19.9 Å². The van der Waals surface area contributed by atoms with Gasteiger partial charge in [-0.1, -0.05) is 45.9 Å². The van der Waals surface area contributed by atoms with E-state index in [0.717, 1.165) is 17.6 Å². The van der Waals surface area contributed by atoms with Crippen LogP contribution in [0.25, 0.3) is 0 Å². The van der Waals surface area contributed by atoms with Crippen LogP contribution in [0.2, 0.25) is 18.1 Å². The van der Waals surface area contributed by atoms with Crippen molar-refractivity contribution in [2.75, 3.05) is 7.11 Å². The maximum atomic E-state index is 13.6. The fourth-order valence-electron chi connectivity index (χ4n) is 7.77. The first-order valence-corrected chi connectivity index (χ1v) is 15.4. The summed E-state index contributed by atoms with van der Waals surface area (Å²) in [4.78, 5) is 13.6. The molecule has 4 bridgehead atoms. The summed E-state index contributed by atoms with van der Waals surface area (Å²) in [5.41, 5.74) is 1.17. The van der Waals surface area contributed by atoms with E-state index in [9.17, 15) is 4.79 Å². The van der Waals surface area contributed by atoms with Crippen LogP contribution in [0.1, 0.15) is 60.8 Å². The first kappa shape index (κ1) is 25.1. The summed E-state index contributed by atoms with van der Waals surface area (Å²) in [7, 11) is -0.413. The van der Waals surface area contributed by atoms with E-state index >= 15 is 0 Å². The van der Waals surface area contributed by atoms with Gasteiger partial charge in [0.25, 0.3) is 0 Å². The summed E-state index contributed by atoms with van der Waals surface area (Å²) in [6, 6.07) is 0. The molecule has 184 valence electrons. The molecule has 0 aromatic rings. The first-order valence-electron chi connectivity index (χ1n) is 12.5. The maximum Gasteiger partial charge on any atom is 0.195 e. The van der Waals surface area contributed by atoms with Gasteiger partial charge >= 0.3 is 0 Å². The molecule has 0 amide bonds. The molecule has 4 nitrogen and oxygen atoms in total. The molecular weight excluding hydrogens is 428 g/mol. The molecule has 0 radical (unpaired) electrons. The number of carbonyl (C=O) groups excluding carboxylic acids is 1. The Balaban J connectivity index is 2.00. The van der Waals surface area contributed by atoms with Crippen LogP contribution in [0.5, 0.6) is 0 Å². The topological polar surface area (TPSA) is 44.8 Å². The fourth-order valence-corrected chi connectivity index (χ4v) is 9.22. The minimum Gasteiger partial charge on any atom is -0.390 e. The van der Waals surface area contributed by atoms with Crippen molar-refractivity contribution in [3.05, 3.63) is 36.5 Å². The Bertz CT molecular complexity index is 913. The van der Waals surface area contributed by atoms with Crippen LogP contribution >= 0.6 is 0 Å². The third kappa shape index (κ3) is 3.08. The molecule has 5 rings (SSSR count). The molecule has 5 heteroatoms. The van der Waals surface area contributed by atoms with Crippen molar-refractivity contribution in [3.63, 3.8) is 0 Å². The largest absolute Gasteiger partial charge is 0.390 e. The molecular formula is C28H44O4Si. The molecule has 33 heavy (non-hydrogen) atoms. The van der Waals surface area contributed by atoms with Gasteiger partial charge in [0.2, 0.25) is 0 Å². The normalized spacial score (nSPS) is 44.5. The Hall–Kier alpha value is -1.01. The number of ketones is 1. The minimum absolute atomic E-state index is 0.0292. The van der Waals surface area contributed by atoms with Crippen molar-refractivity contribution in [1.82, 2.24) is 0 Å². The van der Waals surface area contributed by atoms with Gasteiger partial charge in [-0.15, -0.1) is 6.58 Å². The third-order valence-corrected chi connectivity index (χ3v) is 14.7. The molecule has 3 aliphatic carbocycles. The molecule has 2 saturated carbocycles. The van der Waals surface area contributed by atoms with Crippen LogP contribution in [0, 0.1) is 29.1 Å². The lowest BCUT2D eigenvalue weighted by Gasteiger charge is -2.73. The molecule has 0 aromatic heterocycles. The molecule has 5 aliphatic rings. The summed E-state index contributed by atoms with van der Waals surface area (Å²) >= 11 is 0. The van der Waals surface area contributed by atoms with Crippen molar-refractivity contribution in [2.45, 2.75) is 96.4 Å². The summed E-state index contributed by atoms with van der Waals surface area (Å²) in [5, 5.41) is 0.0292. The molecule has 0 N–H and O–H groups in total. The second kappa shape index (κ2) is 7.49. The van der Waals surface area contributed by atoms with Crippen molar-refractivity contribution in [2.24, 2.45) is 29.1 Å². The number of ether oxygens (including phenoxy) is 2. The van der Waals surface area contributed by atoms with E-state index in [1.807, 2.05) is 12.2 Å². The highest BCUT2D eigenvalue weighted by Crippen LogP contribution is 2.75. The zero-order valence-corrected chi connectivity index (χ0v) is 23.2. The Morgan fingerprint density at radius 3 is 2.52 bits per heavy atom. The number of methoxy groups -OCH3 is 1. The monoisotopic (exact) mass is 472 g/mol. The second-order valence-electron chi connectivity index (χ2n) is 12.9. The number of allylic oxidation sites excluding steroid dienone is 1. The average molecular weight is 473 g/mol. The quantitative estimate of drug-likeness (QED) is 0.329. The van der Waals surface area contributed by atoms with Crippen LogP contribution < -0.4 is 0 Å². The molecule has 0 aromatic carbocycles. The van der Waals surface area contributed by atoms with Gasteiger partial charge in [0.1, 0.15) is 5.60 Å². The Morgan fingerprint density at radius 1 is 1.36 bits per heavy atom. The Kier molecular flexibility index (Phi) is 5.70. The van der Waals surface area contributed by atoms with Crippen LogP contribution in [-0.2, 0) is 18.7 Å². The predicted molar refractivity (Wildman–Crippen MR) is 135 cm³/mol. The minimum atomic E-state index is -2.22. The molecule has 2 aliphatic heterocycles. The highest BCUT2D eigenvalue weighted by Gasteiger charge is 2.79. The Labute approximate surface area is 202 Å². The van der Waals surface area contributed by atoms with E-state index in [4.69, 9.17) is 13.9 Å². The van der Waals surface area contributed by atoms with Gasteiger partial charge in [-0.3, -0.25) is 4.79 Å². The van der Waals surface area contributed by atoms with Crippen LogP contribution in [0.15, 0.2) is 36.5 Å². The Morgan fingerprint density at radius 2 is 2.00 bits per heavy atom. The smallest absolute Gasteiger partial charge is 0.195 e. The van der Waals surface area contributed by atoms with Crippen molar-refractivity contribution in [3.8, 4) is 0 Å². The lowest BCUT2D eigenvalue weighted by atomic mass is 9.41. The van der Waals surface area contributed by atoms with Gasteiger partial charge in [0, 0.05) is 36.7 Å². The maximum absolute atomic E-state index is 13.6. The SMILES string of the molecule is C=CC[C@@]12O[C@@]3(O[Si](C)(C)C(C)(C)C)C[C@H](C(=O)C=C1C)[C@@]2(C)[C@@H]1[C@@H](C(=C)C)[C@@H](OC)C[C@@H]13. The first-order chi connectivity index (χ1) is 15.1. The van der Waals surface area contributed by atoms with Gasteiger partial charge in [-0.2, -0.15) is 0 Å². The van der Waals surface area contributed by atoms with E-state index in [1.165, 1.54) is 0 Å². The summed E-state index contributed by atoms with van der Waals surface area (Å²) in [5.74, 6) is -0.187. The van der Waals surface area contributed by atoms with Crippen LogP contribution in [-0.4, -0.2) is 38.7 Å². The fraction of sp³-hybridized carbons (Fsp3) is 0.750. The average Bonchev–Trinajstić information content (AvgIpc) is 3.10. The molecule has 2 saturated heterocycles. The van der Waals surface area contributed by atoms with E-state index < -0.39 is 19.7 Å². The van der Waals surface area contributed by atoms with E-state index in [0.29, 0.717) is 12.8 Å². The zero-order chi connectivity index (χ0) is 24.8. The van der Waals surface area contributed by atoms with Gasteiger partial charge in [-0.25, -0.2) is 0 Å². The number of hydrogen-bond donors (Lipinski definition) is 0. The van der Waals surface area contributed by atoms with Gasteiger partial charge in [0.05, 0.1) is 6.10 Å². The molecule has 4 fully saturated rings. The standard InChI is InChI=1S/C28H44O4Si/c1-12-13-27-18(4)14-21(29)20-16-28(31-27,32-33(10,11)25(5,6)7)19-15-22(30-9)23(17(2)3)24(19)26(20,27)8/h12,14,19-20,22-24H,1-2,13,15-16H2,3-11H3/t19-,20+,22-,23-,24-,26-,27+,28+/m0/s1. The summed E-state index contributed by atoms with van der Waals surface area (Å²) in [6.07, 6.45) is 6.02. The van der Waals surface area contributed by atoms with E-state index in [2.05, 4.69) is 67.8 Å². The van der Waals surface area contributed by atoms with Gasteiger partial charge < -0.3 is 13.9 Å². The van der Waals surface area contributed by atoms with Crippen molar-refractivity contribution in [1.29, 1.82) is 0 Å². The summed E-state index contributed by atoms with van der Waals surface area (Å²) < 4.78 is 20.7. The number of hydrogen-bond acceptors (Lipinski definition) is 4. The summed E-state index contributed by atoms with van der Waals surface area (Å²) in [6.45, 7) is 26.4. The third-order valence-electron chi connectivity index (χ3n) is 10.3. The van der Waals surface area contributed by atoms with Crippen LogP contribution in [0.3, 0.4) is 0 Å².